The highest BCUT2D eigenvalue weighted by Crippen LogP contribution is 2.24. The molecule has 0 aliphatic carbocycles. The molecule has 1 amide bonds. The van der Waals surface area contributed by atoms with Crippen LogP contribution in [0.2, 0.25) is 10.4 Å². The molecule has 0 spiro atoms. The van der Waals surface area contributed by atoms with Gasteiger partial charge >= 0.3 is 6.09 Å². The molecule has 1 aliphatic heterocycles. The first-order valence-electron chi connectivity index (χ1n) is 8.25. The maximum Gasteiger partial charge on any atom is 0.410 e. The van der Waals surface area contributed by atoms with Crippen molar-refractivity contribution in [2.45, 2.75) is 45.8 Å². The van der Waals surface area contributed by atoms with Gasteiger partial charge in [0, 0.05) is 19.6 Å². The second-order valence-electron chi connectivity index (χ2n) is 7.29. The standard InChI is InChI=1S/C16H21Cl2N5O2/c1-16(2,3)25-15(24)22-6-4-5-10(7-22)8-23-9-19-11-12(17)20-14(18)21-13(11)23/h9-10H,4-8H2,1-3H3. The molecule has 25 heavy (non-hydrogen) atoms. The average Bonchev–Trinajstić information content (AvgIpc) is 2.89. The van der Waals surface area contributed by atoms with Gasteiger partial charge in [-0.05, 0) is 51.1 Å². The maximum absolute atomic E-state index is 12.3. The molecule has 0 saturated carbocycles. The number of rotatable bonds is 2. The van der Waals surface area contributed by atoms with Gasteiger partial charge < -0.3 is 14.2 Å². The van der Waals surface area contributed by atoms with E-state index in [9.17, 15) is 4.79 Å². The summed E-state index contributed by atoms with van der Waals surface area (Å²) in [6.45, 7) is 7.65. The number of halogens is 2. The topological polar surface area (TPSA) is 73.1 Å². The summed E-state index contributed by atoms with van der Waals surface area (Å²) < 4.78 is 7.39. The largest absolute Gasteiger partial charge is 0.444 e. The van der Waals surface area contributed by atoms with Gasteiger partial charge in [0.2, 0.25) is 5.28 Å². The fraction of sp³-hybridized carbons (Fsp3) is 0.625. The van der Waals surface area contributed by atoms with Crippen molar-refractivity contribution in [2.75, 3.05) is 13.1 Å². The maximum atomic E-state index is 12.3. The van der Waals surface area contributed by atoms with Crippen LogP contribution < -0.4 is 0 Å². The normalized spacial score (nSPS) is 18.6. The minimum Gasteiger partial charge on any atom is -0.444 e. The summed E-state index contributed by atoms with van der Waals surface area (Å²) in [6.07, 6.45) is 3.38. The third-order valence-electron chi connectivity index (χ3n) is 4.02. The Morgan fingerprint density at radius 2 is 2.12 bits per heavy atom. The molecule has 1 saturated heterocycles. The molecule has 0 aromatic carbocycles. The Morgan fingerprint density at radius 1 is 1.36 bits per heavy atom. The summed E-state index contributed by atoms with van der Waals surface area (Å²) >= 11 is 12.0. The molecule has 0 radical (unpaired) electrons. The molecule has 9 heteroatoms. The fourth-order valence-electron chi connectivity index (χ4n) is 3.00. The summed E-state index contributed by atoms with van der Waals surface area (Å²) in [7, 11) is 0. The zero-order valence-electron chi connectivity index (χ0n) is 14.5. The molecule has 1 aliphatic rings. The third-order valence-corrected chi connectivity index (χ3v) is 4.45. The van der Waals surface area contributed by atoms with Gasteiger partial charge in [-0.1, -0.05) is 11.6 Å². The highest BCUT2D eigenvalue weighted by Gasteiger charge is 2.28. The van der Waals surface area contributed by atoms with Crippen molar-refractivity contribution < 1.29 is 9.53 Å². The number of nitrogens with zero attached hydrogens (tertiary/aromatic N) is 5. The van der Waals surface area contributed by atoms with Gasteiger partial charge in [0.05, 0.1) is 6.33 Å². The Labute approximate surface area is 156 Å². The van der Waals surface area contributed by atoms with Crippen LogP contribution >= 0.6 is 23.2 Å². The molecule has 1 atom stereocenters. The van der Waals surface area contributed by atoms with Gasteiger partial charge in [-0.2, -0.15) is 4.98 Å². The summed E-state index contributed by atoms with van der Waals surface area (Å²) in [5.41, 5.74) is 0.653. The van der Waals surface area contributed by atoms with Crippen LogP contribution in [0.4, 0.5) is 4.79 Å². The van der Waals surface area contributed by atoms with Gasteiger partial charge in [-0.15, -0.1) is 0 Å². The number of piperidine rings is 1. The van der Waals surface area contributed by atoms with E-state index in [1.165, 1.54) is 0 Å². The first-order valence-corrected chi connectivity index (χ1v) is 9.00. The number of amides is 1. The summed E-state index contributed by atoms with van der Waals surface area (Å²) in [6, 6.07) is 0. The highest BCUT2D eigenvalue weighted by molar-refractivity contribution is 6.35. The molecule has 0 N–H and O–H groups in total. The van der Waals surface area contributed by atoms with Crippen LogP contribution in [0.25, 0.3) is 11.2 Å². The lowest BCUT2D eigenvalue weighted by Crippen LogP contribution is -2.43. The SMILES string of the molecule is CC(C)(C)OC(=O)N1CCCC(Cn2cnc3c(Cl)nc(Cl)nc32)C1. The van der Waals surface area contributed by atoms with Crippen molar-refractivity contribution in [1.29, 1.82) is 0 Å². The van der Waals surface area contributed by atoms with Gasteiger partial charge in [0.15, 0.2) is 10.8 Å². The van der Waals surface area contributed by atoms with Gasteiger partial charge in [0.25, 0.3) is 0 Å². The second-order valence-corrected chi connectivity index (χ2v) is 7.98. The highest BCUT2D eigenvalue weighted by atomic mass is 35.5. The van der Waals surface area contributed by atoms with Crippen LogP contribution in [0.5, 0.6) is 0 Å². The Balaban J connectivity index is 1.72. The lowest BCUT2D eigenvalue weighted by Gasteiger charge is -2.34. The van der Waals surface area contributed by atoms with E-state index in [1.54, 1.807) is 11.2 Å². The van der Waals surface area contributed by atoms with E-state index in [2.05, 4.69) is 15.0 Å². The average molecular weight is 386 g/mol. The van der Waals surface area contributed by atoms with E-state index < -0.39 is 5.60 Å². The summed E-state index contributed by atoms with van der Waals surface area (Å²) in [5.74, 6) is 0.284. The molecular weight excluding hydrogens is 365 g/mol. The number of hydrogen-bond acceptors (Lipinski definition) is 5. The third kappa shape index (κ3) is 4.33. The van der Waals surface area contributed by atoms with Crippen molar-refractivity contribution in [2.24, 2.45) is 5.92 Å². The second kappa shape index (κ2) is 6.96. The lowest BCUT2D eigenvalue weighted by atomic mass is 9.98. The molecule has 136 valence electrons. The monoisotopic (exact) mass is 385 g/mol. The zero-order valence-corrected chi connectivity index (χ0v) is 16.0. The number of ether oxygens (including phenoxy) is 1. The molecule has 3 rings (SSSR count). The van der Waals surface area contributed by atoms with E-state index in [4.69, 9.17) is 27.9 Å². The van der Waals surface area contributed by atoms with Gasteiger partial charge in [-0.25, -0.2) is 14.8 Å². The quantitative estimate of drug-likeness (QED) is 0.580. The number of likely N-dealkylation sites (tertiary alicyclic amines) is 1. The molecule has 7 nitrogen and oxygen atoms in total. The molecule has 0 bridgehead atoms. The van der Waals surface area contributed by atoms with Crippen molar-refractivity contribution >= 4 is 40.5 Å². The molecule has 1 fully saturated rings. The van der Waals surface area contributed by atoms with Crippen LogP contribution in [-0.2, 0) is 11.3 Å². The van der Waals surface area contributed by atoms with Crippen LogP contribution in [0.15, 0.2) is 6.33 Å². The zero-order chi connectivity index (χ0) is 18.2. The van der Waals surface area contributed by atoms with Crippen molar-refractivity contribution in [3.8, 4) is 0 Å². The van der Waals surface area contributed by atoms with Crippen LogP contribution in [0.3, 0.4) is 0 Å². The van der Waals surface area contributed by atoms with E-state index in [-0.39, 0.29) is 22.4 Å². The Hall–Kier alpha value is -1.60. The Bertz CT molecular complexity index is 787. The number of imidazole rings is 1. The molecule has 1 unspecified atom stereocenters. The van der Waals surface area contributed by atoms with Crippen LogP contribution in [-0.4, -0.2) is 49.2 Å². The Morgan fingerprint density at radius 3 is 2.84 bits per heavy atom. The van der Waals surface area contributed by atoms with Gasteiger partial charge in [0.1, 0.15) is 11.1 Å². The van der Waals surface area contributed by atoms with Crippen LogP contribution in [0, 0.1) is 5.92 Å². The smallest absolute Gasteiger partial charge is 0.410 e. The predicted octanol–water partition coefficient (Wildman–Crippen LogP) is 3.78. The lowest BCUT2D eigenvalue weighted by molar-refractivity contribution is 0.0158. The summed E-state index contributed by atoms with van der Waals surface area (Å²) in [5, 5.41) is 0.339. The van der Waals surface area contributed by atoms with Crippen molar-refractivity contribution in [3.05, 3.63) is 16.8 Å². The molecule has 2 aromatic rings. The van der Waals surface area contributed by atoms with Crippen molar-refractivity contribution in [3.63, 3.8) is 0 Å². The number of hydrogen-bond donors (Lipinski definition) is 0. The molecule has 3 heterocycles. The Kier molecular flexibility index (Phi) is 5.06. The van der Waals surface area contributed by atoms with Crippen molar-refractivity contribution in [1.82, 2.24) is 24.4 Å². The minimum atomic E-state index is -0.491. The van der Waals surface area contributed by atoms with E-state index in [0.717, 1.165) is 19.4 Å². The van der Waals surface area contributed by atoms with E-state index in [0.29, 0.717) is 24.3 Å². The number of carbonyl (C=O) groups excluding carboxylic acids is 1. The number of fused-ring (bicyclic) bond motifs is 1. The van der Waals surface area contributed by atoms with E-state index in [1.807, 2.05) is 25.3 Å². The minimum absolute atomic E-state index is 0.0956. The van der Waals surface area contributed by atoms with E-state index >= 15 is 0 Å². The predicted molar refractivity (Wildman–Crippen MR) is 95.9 cm³/mol. The first-order chi connectivity index (χ1) is 11.7. The molecule has 2 aromatic heterocycles. The number of carbonyl (C=O) groups is 1. The summed E-state index contributed by atoms with van der Waals surface area (Å²) in [4.78, 5) is 26.5. The molecular formula is C16H21Cl2N5O2. The van der Waals surface area contributed by atoms with Gasteiger partial charge in [-0.3, -0.25) is 0 Å². The fourth-order valence-corrected chi connectivity index (χ4v) is 3.42. The first kappa shape index (κ1) is 18.2. The number of aromatic nitrogens is 4. The van der Waals surface area contributed by atoms with Crippen LogP contribution in [0.1, 0.15) is 33.6 Å².